The van der Waals surface area contributed by atoms with Crippen molar-refractivity contribution in [1.29, 1.82) is 0 Å². The predicted octanol–water partition coefficient (Wildman–Crippen LogP) is 2.73. The van der Waals surface area contributed by atoms with Gasteiger partial charge in [0.2, 0.25) is 0 Å². The molecule has 0 aliphatic heterocycles. The van der Waals surface area contributed by atoms with Crippen LogP contribution in [0, 0.1) is 6.92 Å². The Hall–Kier alpha value is -1.34. The molecule has 2 aromatic rings. The third kappa shape index (κ3) is 3.16. The second-order valence-corrected chi connectivity index (χ2v) is 5.83. The first-order valence-electron chi connectivity index (χ1n) is 5.49. The molecule has 1 aromatic carbocycles. The Bertz CT molecular complexity index is 627. The number of hydrogen-bond acceptors (Lipinski definition) is 4. The number of nitrogens with zero attached hydrogens (tertiary/aromatic N) is 3. The molecule has 5 nitrogen and oxygen atoms in total. The summed E-state index contributed by atoms with van der Waals surface area (Å²) >= 11 is 4.66. The molecule has 19 heavy (non-hydrogen) atoms. The SMILES string of the molecule is Cc1ccc(-c2nnc(SCC(=O)O)n2C)c(Br)c1. The van der Waals surface area contributed by atoms with Gasteiger partial charge in [0.05, 0.1) is 5.75 Å². The molecular weight excluding hydrogens is 330 g/mol. The molecule has 0 atom stereocenters. The molecule has 100 valence electrons. The number of halogens is 1. The van der Waals surface area contributed by atoms with Crippen molar-refractivity contribution in [3.63, 3.8) is 0 Å². The van der Waals surface area contributed by atoms with Gasteiger partial charge in [-0.05, 0) is 24.6 Å². The highest BCUT2D eigenvalue weighted by Crippen LogP contribution is 2.29. The lowest BCUT2D eigenvalue weighted by molar-refractivity contribution is -0.133. The van der Waals surface area contributed by atoms with Crippen LogP contribution in [-0.4, -0.2) is 31.6 Å². The number of thioether (sulfide) groups is 1. The Morgan fingerprint density at radius 3 is 2.84 bits per heavy atom. The van der Waals surface area contributed by atoms with Gasteiger partial charge < -0.3 is 9.67 Å². The molecule has 2 rings (SSSR count). The molecule has 0 saturated heterocycles. The molecule has 0 unspecified atom stereocenters. The van der Waals surface area contributed by atoms with Crippen molar-refractivity contribution in [3.05, 3.63) is 28.2 Å². The van der Waals surface area contributed by atoms with Gasteiger partial charge in [-0.1, -0.05) is 33.8 Å². The number of benzene rings is 1. The molecule has 1 N–H and O–H groups in total. The topological polar surface area (TPSA) is 68.0 Å². The van der Waals surface area contributed by atoms with Gasteiger partial charge in [0.1, 0.15) is 0 Å². The number of rotatable bonds is 4. The Labute approximate surface area is 123 Å². The fraction of sp³-hybridized carbons (Fsp3) is 0.250. The quantitative estimate of drug-likeness (QED) is 0.866. The van der Waals surface area contributed by atoms with Crippen molar-refractivity contribution in [2.45, 2.75) is 12.1 Å². The van der Waals surface area contributed by atoms with Gasteiger partial charge in [-0.15, -0.1) is 10.2 Å². The van der Waals surface area contributed by atoms with Gasteiger partial charge in [-0.25, -0.2) is 0 Å². The van der Waals surface area contributed by atoms with Crippen molar-refractivity contribution in [3.8, 4) is 11.4 Å². The number of carbonyl (C=O) groups is 1. The Balaban J connectivity index is 2.33. The highest BCUT2D eigenvalue weighted by molar-refractivity contribution is 9.10. The first-order chi connectivity index (χ1) is 8.99. The number of hydrogen-bond donors (Lipinski definition) is 1. The van der Waals surface area contributed by atoms with E-state index in [1.54, 1.807) is 4.57 Å². The van der Waals surface area contributed by atoms with Crippen molar-refractivity contribution in [2.75, 3.05) is 5.75 Å². The monoisotopic (exact) mass is 341 g/mol. The van der Waals surface area contributed by atoms with Crippen LogP contribution in [0.5, 0.6) is 0 Å². The van der Waals surface area contributed by atoms with Crippen molar-refractivity contribution in [2.24, 2.45) is 7.05 Å². The average molecular weight is 342 g/mol. The summed E-state index contributed by atoms with van der Waals surface area (Å²) in [5, 5.41) is 17.4. The maximum atomic E-state index is 10.6. The van der Waals surface area contributed by atoms with Crippen LogP contribution < -0.4 is 0 Å². The zero-order valence-electron chi connectivity index (χ0n) is 10.4. The Morgan fingerprint density at radius 2 is 2.21 bits per heavy atom. The summed E-state index contributed by atoms with van der Waals surface area (Å²) in [6, 6.07) is 5.97. The number of carboxylic acids is 1. The minimum atomic E-state index is -0.869. The van der Waals surface area contributed by atoms with Crippen LogP contribution in [0.4, 0.5) is 0 Å². The molecule has 0 fully saturated rings. The molecule has 0 aliphatic rings. The molecule has 1 heterocycles. The summed E-state index contributed by atoms with van der Waals surface area (Å²) in [7, 11) is 1.83. The third-order valence-electron chi connectivity index (χ3n) is 2.53. The van der Waals surface area contributed by atoms with Gasteiger partial charge >= 0.3 is 5.97 Å². The predicted molar refractivity (Wildman–Crippen MR) is 77.2 cm³/mol. The summed E-state index contributed by atoms with van der Waals surface area (Å²) < 4.78 is 2.74. The van der Waals surface area contributed by atoms with Gasteiger partial charge in [0, 0.05) is 17.1 Å². The second-order valence-electron chi connectivity index (χ2n) is 4.03. The van der Waals surface area contributed by atoms with Crippen LogP contribution in [-0.2, 0) is 11.8 Å². The number of carboxylic acid groups (broad SMARTS) is 1. The molecule has 1 aromatic heterocycles. The van der Waals surface area contributed by atoms with E-state index in [9.17, 15) is 4.79 Å². The molecule has 0 spiro atoms. The van der Waals surface area contributed by atoms with E-state index in [0.29, 0.717) is 11.0 Å². The fourth-order valence-corrected chi connectivity index (χ4v) is 2.90. The average Bonchev–Trinajstić information content (AvgIpc) is 2.68. The summed E-state index contributed by atoms with van der Waals surface area (Å²) in [6.45, 7) is 2.01. The van der Waals surface area contributed by atoms with Gasteiger partial charge in [0.25, 0.3) is 0 Å². The zero-order valence-corrected chi connectivity index (χ0v) is 12.8. The van der Waals surface area contributed by atoms with Crippen molar-refractivity contribution < 1.29 is 9.90 Å². The fourth-order valence-electron chi connectivity index (χ4n) is 1.60. The smallest absolute Gasteiger partial charge is 0.313 e. The normalized spacial score (nSPS) is 10.7. The molecule has 0 amide bonds. The minimum absolute atomic E-state index is 0.0267. The van der Waals surface area contributed by atoms with Crippen LogP contribution in [0.15, 0.2) is 27.8 Å². The van der Waals surface area contributed by atoms with Gasteiger partial charge in [0.15, 0.2) is 11.0 Å². The standard InChI is InChI=1S/C12H12BrN3O2S/c1-7-3-4-8(9(13)5-7)11-14-15-12(16(11)2)19-6-10(17)18/h3-5H,6H2,1-2H3,(H,17,18). The highest BCUT2D eigenvalue weighted by atomic mass is 79.9. The Kier molecular flexibility index (Phi) is 4.26. The lowest BCUT2D eigenvalue weighted by Gasteiger charge is -2.06. The van der Waals surface area contributed by atoms with E-state index in [4.69, 9.17) is 5.11 Å². The molecule has 0 radical (unpaired) electrons. The number of aryl methyl sites for hydroxylation is 1. The van der Waals surface area contributed by atoms with Gasteiger partial charge in [-0.2, -0.15) is 0 Å². The minimum Gasteiger partial charge on any atom is -0.481 e. The van der Waals surface area contributed by atoms with Gasteiger partial charge in [-0.3, -0.25) is 4.79 Å². The molecule has 0 saturated carbocycles. The summed E-state index contributed by atoms with van der Waals surface area (Å²) in [5.74, 6) is -0.188. The molecule has 0 aliphatic carbocycles. The zero-order chi connectivity index (χ0) is 14.0. The lowest BCUT2D eigenvalue weighted by atomic mass is 10.1. The van der Waals surface area contributed by atoms with E-state index in [-0.39, 0.29) is 5.75 Å². The van der Waals surface area contributed by atoms with E-state index in [1.807, 2.05) is 32.2 Å². The van der Waals surface area contributed by atoms with E-state index in [1.165, 1.54) is 0 Å². The maximum absolute atomic E-state index is 10.6. The van der Waals surface area contributed by atoms with Crippen LogP contribution >= 0.6 is 27.7 Å². The van der Waals surface area contributed by atoms with E-state index >= 15 is 0 Å². The van der Waals surface area contributed by atoms with Crippen LogP contribution in [0.3, 0.4) is 0 Å². The van der Waals surface area contributed by atoms with E-state index < -0.39 is 5.97 Å². The van der Waals surface area contributed by atoms with Crippen molar-refractivity contribution in [1.82, 2.24) is 14.8 Å². The van der Waals surface area contributed by atoms with E-state index in [2.05, 4.69) is 26.1 Å². The van der Waals surface area contributed by atoms with Crippen LogP contribution in [0.25, 0.3) is 11.4 Å². The molecular formula is C12H12BrN3O2S. The van der Waals surface area contributed by atoms with Crippen LogP contribution in [0.1, 0.15) is 5.56 Å². The highest BCUT2D eigenvalue weighted by Gasteiger charge is 2.14. The van der Waals surface area contributed by atoms with E-state index in [0.717, 1.165) is 27.4 Å². The molecule has 7 heteroatoms. The maximum Gasteiger partial charge on any atom is 0.313 e. The van der Waals surface area contributed by atoms with Crippen molar-refractivity contribution >= 4 is 33.7 Å². The second kappa shape index (κ2) is 5.75. The Morgan fingerprint density at radius 1 is 1.47 bits per heavy atom. The summed E-state index contributed by atoms with van der Waals surface area (Å²) in [4.78, 5) is 10.6. The number of aromatic nitrogens is 3. The summed E-state index contributed by atoms with van der Waals surface area (Å²) in [6.07, 6.45) is 0. The number of aliphatic carboxylic acids is 1. The van der Waals surface area contributed by atoms with Crippen LogP contribution in [0.2, 0.25) is 0 Å². The molecule has 0 bridgehead atoms. The first kappa shape index (κ1) is 14.1. The summed E-state index contributed by atoms with van der Waals surface area (Å²) in [5.41, 5.74) is 2.08. The lowest BCUT2D eigenvalue weighted by Crippen LogP contribution is -2.01. The first-order valence-corrected chi connectivity index (χ1v) is 7.27. The third-order valence-corrected chi connectivity index (χ3v) is 4.19. The largest absolute Gasteiger partial charge is 0.481 e.